The Bertz CT molecular complexity index is 558. The fourth-order valence-electron chi connectivity index (χ4n) is 2.12. The maximum Gasteiger partial charge on any atom is 0.488 e. The predicted octanol–water partition coefficient (Wildman–Crippen LogP) is -0.320. The molecule has 0 aliphatic carbocycles. The van der Waals surface area contributed by atoms with Gasteiger partial charge < -0.3 is 10.0 Å². The second kappa shape index (κ2) is 5.58. The molecule has 1 aliphatic rings. The Balaban J connectivity index is 2.41. The summed E-state index contributed by atoms with van der Waals surface area (Å²) in [5.41, 5.74) is -0.0445. The average molecular weight is 287 g/mol. The molecule has 1 aliphatic heterocycles. The van der Waals surface area contributed by atoms with Crippen molar-refractivity contribution in [3.8, 4) is 0 Å². The summed E-state index contributed by atoms with van der Waals surface area (Å²) in [5.74, 6) is -0.880. The van der Waals surface area contributed by atoms with Gasteiger partial charge in [-0.15, -0.1) is 0 Å². The number of rotatable bonds is 3. The summed E-state index contributed by atoms with van der Waals surface area (Å²) in [4.78, 5) is -0.500. The van der Waals surface area contributed by atoms with Crippen LogP contribution in [0.25, 0.3) is 0 Å². The van der Waals surface area contributed by atoms with Gasteiger partial charge >= 0.3 is 7.12 Å². The minimum atomic E-state index is -3.91. The zero-order chi connectivity index (χ0) is 14.0. The van der Waals surface area contributed by atoms with E-state index in [2.05, 4.69) is 0 Å². The minimum Gasteiger partial charge on any atom is -0.423 e. The summed E-state index contributed by atoms with van der Waals surface area (Å²) in [6.07, 6.45) is 2.47. The van der Waals surface area contributed by atoms with E-state index in [1.165, 1.54) is 4.31 Å². The Morgan fingerprint density at radius 1 is 1.16 bits per heavy atom. The second-order valence-corrected chi connectivity index (χ2v) is 6.43. The van der Waals surface area contributed by atoms with Crippen LogP contribution in [0.3, 0.4) is 0 Å². The maximum atomic E-state index is 13.7. The quantitative estimate of drug-likeness (QED) is 0.747. The third-order valence-corrected chi connectivity index (χ3v) is 5.10. The Labute approximate surface area is 111 Å². The average Bonchev–Trinajstić information content (AvgIpc) is 2.39. The third-order valence-electron chi connectivity index (χ3n) is 3.19. The molecule has 0 amide bonds. The first kappa shape index (κ1) is 14.5. The standard InChI is InChI=1S/C11H15BFNO4S/c13-10-5-4-9(12(15)16)8-11(10)19(17,18)14-6-2-1-3-7-14/h4-5,8,15-16H,1-3,6-7H2. The van der Waals surface area contributed by atoms with Crippen LogP contribution in [0.5, 0.6) is 0 Å². The van der Waals surface area contributed by atoms with Gasteiger partial charge in [-0.3, -0.25) is 0 Å². The van der Waals surface area contributed by atoms with Crippen molar-refractivity contribution in [2.24, 2.45) is 0 Å². The topological polar surface area (TPSA) is 77.8 Å². The maximum absolute atomic E-state index is 13.7. The molecule has 0 atom stereocenters. The largest absolute Gasteiger partial charge is 0.488 e. The molecule has 0 saturated carbocycles. The molecule has 0 spiro atoms. The lowest BCUT2D eigenvalue weighted by molar-refractivity contribution is 0.345. The molecule has 1 saturated heterocycles. The van der Waals surface area contributed by atoms with E-state index >= 15 is 0 Å². The monoisotopic (exact) mass is 287 g/mol. The molecule has 0 radical (unpaired) electrons. The third kappa shape index (κ3) is 2.97. The first-order chi connectivity index (χ1) is 8.93. The molecule has 1 aromatic carbocycles. The molecular formula is C11H15BFNO4S. The van der Waals surface area contributed by atoms with Gasteiger partial charge in [0.25, 0.3) is 0 Å². The summed E-state index contributed by atoms with van der Waals surface area (Å²) >= 11 is 0. The van der Waals surface area contributed by atoms with Crippen molar-refractivity contribution in [3.63, 3.8) is 0 Å². The molecule has 1 fully saturated rings. The van der Waals surface area contributed by atoms with Crippen molar-refractivity contribution in [1.29, 1.82) is 0 Å². The number of hydrogen-bond acceptors (Lipinski definition) is 4. The highest BCUT2D eigenvalue weighted by Gasteiger charge is 2.29. The Morgan fingerprint density at radius 2 is 1.79 bits per heavy atom. The van der Waals surface area contributed by atoms with Crippen LogP contribution in [-0.4, -0.2) is 43.0 Å². The van der Waals surface area contributed by atoms with Gasteiger partial charge in [0.2, 0.25) is 10.0 Å². The van der Waals surface area contributed by atoms with Gasteiger partial charge in [0.1, 0.15) is 10.7 Å². The van der Waals surface area contributed by atoms with Crippen molar-refractivity contribution in [2.45, 2.75) is 24.2 Å². The van der Waals surface area contributed by atoms with Crippen LogP contribution in [0.15, 0.2) is 23.1 Å². The van der Waals surface area contributed by atoms with Crippen molar-refractivity contribution < 1.29 is 22.9 Å². The van der Waals surface area contributed by atoms with Gasteiger partial charge in [-0.25, -0.2) is 12.8 Å². The number of benzene rings is 1. The van der Waals surface area contributed by atoms with E-state index in [0.717, 1.165) is 37.5 Å². The summed E-state index contributed by atoms with van der Waals surface area (Å²) < 4.78 is 39.6. The summed E-state index contributed by atoms with van der Waals surface area (Å²) in [6, 6.07) is 3.06. The van der Waals surface area contributed by atoms with Crippen molar-refractivity contribution in [1.82, 2.24) is 4.31 Å². The Hall–Kier alpha value is -0.955. The fraction of sp³-hybridized carbons (Fsp3) is 0.455. The van der Waals surface area contributed by atoms with E-state index in [1.807, 2.05) is 0 Å². The van der Waals surface area contributed by atoms with Gasteiger partial charge in [0, 0.05) is 13.1 Å². The highest BCUT2D eigenvalue weighted by atomic mass is 32.2. The molecule has 2 N–H and O–H groups in total. The lowest BCUT2D eigenvalue weighted by Crippen LogP contribution is -2.37. The number of nitrogens with zero attached hydrogens (tertiary/aromatic N) is 1. The van der Waals surface area contributed by atoms with Gasteiger partial charge in [0.05, 0.1) is 0 Å². The second-order valence-electron chi connectivity index (χ2n) is 4.53. The summed E-state index contributed by atoms with van der Waals surface area (Å²) in [5, 5.41) is 18.1. The normalized spacial score (nSPS) is 17.4. The van der Waals surface area contributed by atoms with Crippen molar-refractivity contribution in [3.05, 3.63) is 24.0 Å². The molecule has 19 heavy (non-hydrogen) atoms. The van der Waals surface area contributed by atoms with Crippen molar-refractivity contribution >= 4 is 22.6 Å². The number of piperidine rings is 1. The highest BCUT2D eigenvalue weighted by Crippen LogP contribution is 2.22. The molecule has 2 rings (SSSR count). The molecule has 1 heterocycles. The predicted molar refractivity (Wildman–Crippen MR) is 68.8 cm³/mol. The van der Waals surface area contributed by atoms with Crippen LogP contribution in [-0.2, 0) is 10.0 Å². The lowest BCUT2D eigenvalue weighted by Gasteiger charge is -2.26. The van der Waals surface area contributed by atoms with Gasteiger partial charge in [-0.05, 0) is 30.4 Å². The Morgan fingerprint density at radius 3 is 2.37 bits per heavy atom. The van der Waals surface area contributed by atoms with E-state index in [1.54, 1.807) is 0 Å². The zero-order valence-corrected chi connectivity index (χ0v) is 11.1. The summed E-state index contributed by atoms with van der Waals surface area (Å²) in [6.45, 7) is 0.737. The van der Waals surface area contributed by atoms with Gasteiger partial charge in [0.15, 0.2) is 0 Å². The van der Waals surface area contributed by atoms with E-state index in [9.17, 15) is 12.8 Å². The van der Waals surface area contributed by atoms with Crippen LogP contribution in [0, 0.1) is 5.82 Å². The van der Waals surface area contributed by atoms with E-state index in [0.29, 0.717) is 13.1 Å². The first-order valence-corrected chi connectivity index (χ1v) is 7.52. The van der Waals surface area contributed by atoms with Crippen LogP contribution in [0.4, 0.5) is 4.39 Å². The molecule has 0 unspecified atom stereocenters. The van der Waals surface area contributed by atoms with Crippen LogP contribution >= 0.6 is 0 Å². The van der Waals surface area contributed by atoms with E-state index in [4.69, 9.17) is 10.0 Å². The number of halogens is 1. The Kier molecular flexibility index (Phi) is 4.24. The van der Waals surface area contributed by atoms with E-state index in [-0.39, 0.29) is 5.46 Å². The summed E-state index contributed by atoms with van der Waals surface area (Å²) in [7, 11) is -5.74. The van der Waals surface area contributed by atoms with Gasteiger partial charge in [-0.1, -0.05) is 12.5 Å². The van der Waals surface area contributed by atoms with E-state index < -0.39 is 27.9 Å². The number of sulfonamides is 1. The van der Waals surface area contributed by atoms with Gasteiger partial charge in [-0.2, -0.15) is 4.31 Å². The van der Waals surface area contributed by atoms with Crippen LogP contribution in [0.1, 0.15) is 19.3 Å². The lowest BCUT2D eigenvalue weighted by atomic mass is 9.80. The van der Waals surface area contributed by atoms with Crippen LogP contribution in [0.2, 0.25) is 0 Å². The minimum absolute atomic E-state index is 0.0445. The zero-order valence-electron chi connectivity index (χ0n) is 10.3. The molecule has 8 heteroatoms. The molecule has 0 aromatic heterocycles. The molecule has 5 nitrogen and oxygen atoms in total. The highest BCUT2D eigenvalue weighted by molar-refractivity contribution is 7.89. The molecule has 104 valence electrons. The molecular weight excluding hydrogens is 272 g/mol. The SMILES string of the molecule is O=S(=O)(c1cc(B(O)O)ccc1F)N1CCCCC1. The number of hydrogen-bond donors (Lipinski definition) is 2. The fourth-order valence-corrected chi connectivity index (χ4v) is 3.74. The first-order valence-electron chi connectivity index (χ1n) is 6.08. The molecule has 0 bridgehead atoms. The smallest absolute Gasteiger partial charge is 0.423 e. The van der Waals surface area contributed by atoms with Crippen molar-refractivity contribution in [2.75, 3.05) is 13.1 Å². The van der Waals surface area contributed by atoms with Crippen LogP contribution < -0.4 is 5.46 Å². The molecule has 1 aromatic rings.